The van der Waals surface area contributed by atoms with Gasteiger partial charge in [-0.3, -0.25) is 9.78 Å². The van der Waals surface area contributed by atoms with Crippen molar-refractivity contribution >= 4 is 41.6 Å². The van der Waals surface area contributed by atoms with Crippen LogP contribution in [0.1, 0.15) is 18.9 Å². The Balaban J connectivity index is 0.00000132. The minimum absolute atomic E-state index is 0. The quantitative estimate of drug-likeness (QED) is 0.920. The van der Waals surface area contributed by atoms with Gasteiger partial charge in [-0.15, -0.1) is 24.8 Å². The second-order valence-corrected chi connectivity index (χ2v) is 6.25. The van der Waals surface area contributed by atoms with Crippen LogP contribution in [0.5, 0.6) is 0 Å². The maximum Gasteiger partial charge on any atom is 0.227 e. The van der Waals surface area contributed by atoms with Crippen LogP contribution in [0.15, 0.2) is 36.5 Å². The van der Waals surface area contributed by atoms with Gasteiger partial charge in [0.1, 0.15) is 0 Å². The summed E-state index contributed by atoms with van der Waals surface area (Å²) >= 11 is 0. The summed E-state index contributed by atoms with van der Waals surface area (Å²) in [6.07, 6.45) is 3.18. The van der Waals surface area contributed by atoms with E-state index in [2.05, 4.69) is 11.9 Å². The van der Waals surface area contributed by atoms with Crippen molar-refractivity contribution in [2.75, 3.05) is 19.6 Å². The van der Waals surface area contributed by atoms with Gasteiger partial charge in [-0.1, -0.05) is 31.2 Å². The summed E-state index contributed by atoms with van der Waals surface area (Å²) in [4.78, 5) is 18.9. The zero-order chi connectivity index (χ0) is 14.9. The number of hydrogen-bond donors (Lipinski definition) is 1. The van der Waals surface area contributed by atoms with E-state index in [-0.39, 0.29) is 36.1 Å². The van der Waals surface area contributed by atoms with Gasteiger partial charge in [-0.2, -0.15) is 0 Å². The molecule has 2 heterocycles. The lowest BCUT2D eigenvalue weighted by molar-refractivity contribution is -0.129. The number of likely N-dealkylation sites (tertiary alicyclic amines) is 1. The molecule has 1 aliphatic heterocycles. The number of carbonyl (C=O) groups excluding carboxylic acids is 1. The Hall–Kier alpha value is -1.36. The first-order valence-electron chi connectivity index (χ1n) is 7.42. The summed E-state index contributed by atoms with van der Waals surface area (Å²) in [6, 6.07) is 9.95. The van der Waals surface area contributed by atoms with Crippen LogP contribution < -0.4 is 5.73 Å². The molecule has 23 heavy (non-hydrogen) atoms. The fourth-order valence-electron chi connectivity index (χ4n) is 2.99. The van der Waals surface area contributed by atoms with Gasteiger partial charge >= 0.3 is 0 Å². The molecule has 0 saturated carbocycles. The maximum atomic E-state index is 12.5. The first kappa shape index (κ1) is 19.7. The van der Waals surface area contributed by atoms with Gasteiger partial charge in [0.25, 0.3) is 0 Å². The van der Waals surface area contributed by atoms with Crippen LogP contribution in [0.25, 0.3) is 10.9 Å². The maximum absolute atomic E-state index is 12.5. The molecule has 0 spiro atoms. The van der Waals surface area contributed by atoms with Crippen LogP contribution in [0.3, 0.4) is 0 Å². The number of para-hydroxylation sites is 1. The number of nitrogens with zero attached hydrogens (tertiary/aromatic N) is 2. The molecule has 2 aromatic rings. The van der Waals surface area contributed by atoms with E-state index in [9.17, 15) is 4.79 Å². The average molecular weight is 356 g/mol. The molecule has 0 aliphatic carbocycles. The van der Waals surface area contributed by atoms with Crippen LogP contribution in [0.2, 0.25) is 0 Å². The highest BCUT2D eigenvalue weighted by atomic mass is 35.5. The number of amides is 1. The largest absolute Gasteiger partial charge is 0.342 e. The molecule has 1 atom stereocenters. The smallest absolute Gasteiger partial charge is 0.227 e. The van der Waals surface area contributed by atoms with Gasteiger partial charge in [0, 0.05) is 24.7 Å². The molecule has 6 heteroatoms. The lowest BCUT2D eigenvalue weighted by Gasteiger charge is -2.22. The standard InChI is InChI=1S/C17H21N3O.2ClH/c1-17(11-18)7-9-20(12-17)15(21)10-14-5-2-4-13-6-3-8-19-16(13)14;;/h2-6,8H,7,9-12,18H2,1H3;2*1H. The first-order chi connectivity index (χ1) is 10.1. The van der Waals surface area contributed by atoms with Gasteiger partial charge in [0.05, 0.1) is 11.9 Å². The second-order valence-electron chi connectivity index (χ2n) is 6.25. The molecule has 1 unspecified atom stereocenters. The molecule has 1 saturated heterocycles. The predicted octanol–water partition coefficient (Wildman–Crippen LogP) is 2.82. The van der Waals surface area contributed by atoms with Gasteiger partial charge < -0.3 is 10.6 Å². The van der Waals surface area contributed by atoms with Crippen LogP contribution in [0.4, 0.5) is 0 Å². The molecule has 1 aromatic heterocycles. The Morgan fingerprint density at radius 1 is 1.30 bits per heavy atom. The monoisotopic (exact) mass is 355 g/mol. The summed E-state index contributed by atoms with van der Waals surface area (Å²) in [5.74, 6) is 0.172. The summed E-state index contributed by atoms with van der Waals surface area (Å²) in [5.41, 5.74) is 7.81. The highest BCUT2D eigenvalue weighted by Gasteiger charge is 2.34. The number of halogens is 2. The van der Waals surface area contributed by atoms with Crippen LogP contribution in [0, 0.1) is 5.41 Å². The molecule has 126 valence electrons. The summed E-state index contributed by atoms with van der Waals surface area (Å²) in [7, 11) is 0. The molecule has 0 bridgehead atoms. The third kappa shape index (κ3) is 4.14. The Morgan fingerprint density at radius 2 is 2.04 bits per heavy atom. The van der Waals surface area contributed by atoms with Crippen LogP contribution >= 0.6 is 24.8 Å². The number of fused-ring (bicyclic) bond motifs is 1. The molecular weight excluding hydrogens is 333 g/mol. The van der Waals surface area contributed by atoms with Crippen molar-refractivity contribution in [2.45, 2.75) is 19.8 Å². The van der Waals surface area contributed by atoms with E-state index in [1.54, 1.807) is 6.20 Å². The minimum atomic E-state index is 0. The van der Waals surface area contributed by atoms with Crippen LogP contribution in [-0.4, -0.2) is 35.4 Å². The second kappa shape index (κ2) is 7.95. The van der Waals surface area contributed by atoms with E-state index in [0.717, 1.165) is 36.0 Å². The number of rotatable bonds is 3. The molecule has 1 aliphatic rings. The zero-order valence-electron chi connectivity index (χ0n) is 13.2. The Bertz CT molecular complexity index is 674. The molecule has 4 nitrogen and oxygen atoms in total. The Labute approximate surface area is 149 Å². The van der Waals surface area contributed by atoms with Crippen molar-refractivity contribution in [1.82, 2.24) is 9.88 Å². The molecule has 0 radical (unpaired) electrons. The lowest BCUT2D eigenvalue weighted by Crippen LogP contribution is -2.35. The van der Waals surface area contributed by atoms with E-state index < -0.39 is 0 Å². The van der Waals surface area contributed by atoms with E-state index in [1.807, 2.05) is 35.2 Å². The number of benzene rings is 1. The first-order valence-corrected chi connectivity index (χ1v) is 7.42. The fraction of sp³-hybridized carbons (Fsp3) is 0.412. The van der Waals surface area contributed by atoms with E-state index in [1.165, 1.54) is 0 Å². The van der Waals surface area contributed by atoms with Crippen molar-refractivity contribution < 1.29 is 4.79 Å². The predicted molar refractivity (Wildman–Crippen MR) is 98.3 cm³/mol. The Morgan fingerprint density at radius 3 is 2.74 bits per heavy atom. The van der Waals surface area contributed by atoms with Gasteiger partial charge in [-0.25, -0.2) is 0 Å². The summed E-state index contributed by atoms with van der Waals surface area (Å²) in [5, 5.41) is 1.08. The zero-order valence-corrected chi connectivity index (χ0v) is 14.8. The normalized spacial score (nSPS) is 20.0. The number of pyridine rings is 1. The van der Waals surface area contributed by atoms with Crippen molar-refractivity contribution in [3.05, 3.63) is 42.1 Å². The van der Waals surface area contributed by atoms with Gasteiger partial charge in [0.2, 0.25) is 5.91 Å². The minimum Gasteiger partial charge on any atom is -0.342 e. The number of aromatic nitrogens is 1. The number of hydrogen-bond acceptors (Lipinski definition) is 3. The van der Waals surface area contributed by atoms with Crippen molar-refractivity contribution in [3.63, 3.8) is 0 Å². The molecule has 1 fully saturated rings. The molecule has 2 N–H and O–H groups in total. The van der Waals surface area contributed by atoms with E-state index >= 15 is 0 Å². The molecule has 3 rings (SSSR count). The Kier molecular flexibility index (Phi) is 6.81. The van der Waals surface area contributed by atoms with Crippen molar-refractivity contribution in [1.29, 1.82) is 0 Å². The van der Waals surface area contributed by atoms with Gasteiger partial charge in [0.15, 0.2) is 0 Å². The van der Waals surface area contributed by atoms with E-state index in [0.29, 0.717) is 13.0 Å². The highest BCUT2D eigenvalue weighted by molar-refractivity contribution is 5.87. The lowest BCUT2D eigenvalue weighted by atomic mass is 9.90. The third-order valence-electron chi connectivity index (χ3n) is 4.46. The highest BCUT2D eigenvalue weighted by Crippen LogP contribution is 2.29. The van der Waals surface area contributed by atoms with Gasteiger partial charge in [-0.05, 0) is 30.0 Å². The van der Waals surface area contributed by atoms with Crippen molar-refractivity contribution in [2.24, 2.45) is 11.1 Å². The molecule has 1 amide bonds. The number of nitrogens with two attached hydrogens (primary N) is 1. The van der Waals surface area contributed by atoms with Crippen molar-refractivity contribution in [3.8, 4) is 0 Å². The summed E-state index contributed by atoms with van der Waals surface area (Å²) in [6.45, 7) is 4.36. The van der Waals surface area contributed by atoms with E-state index in [4.69, 9.17) is 5.73 Å². The fourth-order valence-corrected chi connectivity index (χ4v) is 2.99. The average Bonchev–Trinajstić information content (AvgIpc) is 2.91. The topological polar surface area (TPSA) is 59.2 Å². The SMILES string of the molecule is CC1(CN)CCN(C(=O)Cc2cccc3cccnc23)C1.Cl.Cl. The summed E-state index contributed by atoms with van der Waals surface area (Å²) < 4.78 is 0. The van der Waals surface area contributed by atoms with Crippen LogP contribution in [-0.2, 0) is 11.2 Å². The molecular formula is C17H23Cl2N3O. The molecule has 1 aromatic carbocycles. The third-order valence-corrected chi connectivity index (χ3v) is 4.46. The number of carbonyl (C=O) groups is 1.